The second-order valence-corrected chi connectivity index (χ2v) is 12.0. The topological polar surface area (TPSA) is 136 Å². The highest BCUT2D eigenvalue weighted by molar-refractivity contribution is 9.10. The van der Waals surface area contributed by atoms with Crippen molar-refractivity contribution in [2.75, 3.05) is 38.0 Å². The molecule has 2 aliphatic heterocycles. The molecule has 2 N–H and O–H groups in total. The Morgan fingerprint density at radius 2 is 1.38 bits per heavy atom. The van der Waals surface area contributed by atoms with Gasteiger partial charge in [-0.1, -0.05) is 28.1 Å². The van der Waals surface area contributed by atoms with Crippen molar-refractivity contribution in [1.29, 1.82) is 0 Å². The Balaban J connectivity index is 1.11. The number of fused-ring (bicyclic) bond motifs is 1. The van der Waals surface area contributed by atoms with Gasteiger partial charge in [-0.3, -0.25) is 29.5 Å². The number of hydrogen-bond donors (Lipinski definition) is 2. The molecule has 2 heterocycles. The van der Waals surface area contributed by atoms with E-state index in [2.05, 4.69) is 26.7 Å². The number of carbonyl (C=O) groups excluding carboxylic acids is 4. The minimum Gasteiger partial charge on any atom is -0.325 e. The second-order valence-electron chi connectivity index (χ2n) is 9.19. The van der Waals surface area contributed by atoms with Crippen molar-refractivity contribution < 1.29 is 27.6 Å². The van der Waals surface area contributed by atoms with E-state index in [-0.39, 0.29) is 47.1 Å². The number of rotatable bonds is 7. The van der Waals surface area contributed by atoms with Gasteiger partial charge < -0.3 is 5.32 Å². The number of halogens is 1. The molecule has 4 amide bonds. The van der Waals surface area contributed by atoms with Gasteiger partial charge in [-0.15, -0.1) is 0 Å². The number of imide groups is 1. The molecule has 0 unspecified atom stereocenters. The van der Waals surface area contributed by atoms with E-state index in [1.54, 1.807) is 36.4 Å². The lowest BCUT2D eigenvalue weighted by Gasteiger charge is -2.33. The SMILES string of the molecule is O=C(CN1CCN(S(=O)(=O)c2ccc(Br)cc2)CC1)Nc1ccc(C(=O)NN2C(=O)c3ccccc3C2=O)cc1. The number of sulfonamides is 1. The van der Waals surface area contributed by atoms with E-state index in [1.165, 1.54) is 40.7 Å². The van der Waals surface area contributed by atoms with Crippen molar-refractivity contribution in [3.63, 3.8) is 0 Å². The molecule has 2 aliphatic rings. The predicted molar refractivity (Wildman–Crippen MR) is 149 cm³/mol. The fourth-order valence-corrected chi connectivity index (χ4v) is 6.14. The van der Waals surface area contributed by atoms with Crippen LogP contribution in [0.1, 0.15) is 31.1 Å². The number of hydrogen-bond acceptors (Lipinski definition) is 7. The van der Waals surface area contributed by atoms with E-state index in [4.69, 9.17) is 0 Å². The number of amides is 4. The third-order valence-corrected chi connectivity index (χ3v) is 9.03. The molecule has 1 fully saturated rings. The Kier molecular flexibility index (Phi) is 7.81. The maximum Gasteiger partial charge on any atom is 0.280 e. The summed E-state index contributed by atoms with van der Waals surface area (Å²) in [4.78, 5) is 52.2. The van der Waals surface area contributed by atoms with E-state index in [9.17, 15) is 27.6 Å². The van der Waals surface area contributed by atoms with Gasteiger partial charge >= 0.3 is 0 Å². The largest absolute Gasteiger partial charge is 0.325 e. The van der Waals surface area contributed by atoms with Crippen molar-refractivity contribution in [2.45, 2.75) is 4.90 Å². The zero-order chi connectivity index (χ0) is 28.4. The fraction of sp³-hybridized carbons (Fsp3) is 0.185. The van der Waals surface area contributed by atoms with Gasteiger partial charge in [0, 0.05) is 41.9 Å². The average molecular weight is 626 g/mol. The lowest BCUT2D eigenvalue weighted by molar-refractivity contribution is -0.117. The van der Waals surface area contributed by atoms with Crippen LogP contribution < -0.4 is 10.7 Å². The van der Waals surface area contributed by atoms with Crippen molar-refractivity contribution in [3.8, 4) is 0 Å². The number of anilines is 1. The highest BCUT2D eigenvalue weighted by Gasteiger charge is 2.36. The quantitative estimate of drug-likeness (QED) is 0.385. The molecule has 3 aromatic carbocycles. The second kappa shape index (κ2) is 11.3. The van der Waals surface area contributed by atoms with Gasteiger partial charge in [-0.25, -0.2) is 8.42 Å². The minimum atomic E-state index is -3.61. The van der Waals surface area contributed by atoms with Crippen LogP contribution in [0.4, 0.5) is 5.69 Å². The van der Waals surface area contributed by atoms with Gasteiger partial charge in [0.05, 0.1) is 22.6 Å². The van der Waals surface area contributed by atoms with Crippen molar-refractivity contribution in [2.24, 2.45) is 0 Å². The standard InChI is InChI=1S/C27H24BrN5O6S/c28-19-7-11-21(12-8-19)40(38,39)32-15-13-31(14-16-32)17-24(34)29-20-9-5-18(6-10-20)25(35)30-33-26(36)22-3-1-2-4-23(22)27(33)37/h1-12H,13-17H2,(H,29,34)(H,30,35). The smallest absolute Gasteiger partial charge is 0.280 e. The molecule has 3 aromatic rings. The molecule has 5 rings (SSSR count). The van der Waals surface area contributed by atoms with E-state index in [0.717, 1.165) is 4.47 Å². The first kappa shape index (κ1) is 27.6. The zero-order valence-electron chi connectivity index (χ0n) is 21.0. The number of piperazine rings is 1. The van der Waals surface area contributed by atoms with Crippen LogP contribution in [0, 0.1) is 0 Å². The van der Waals surface area contributed by atoms with Gasteiger partial charge in [0.15, 0.2) is 0 Å². The summed E-state index contributed by atoms with van der Waals surface area (Å²) in [6, 6.07) is 18.8. The number of benzene rings is 3. The molecule has 1 saturated heterocycles. The molecule has 0 aliphatic carbocycles. The van der Waals surface area contributed by atoms with Crippen LogP contribution in [-0.4, -0.2) is 79.0 Å². The van der Waals surface area contributed by atoms with Crippen LogP contribution in [0.3, 0.4) is 0 Å². The van der Waals surface area contributed by atoms with Crippen LogP contribution in [0.25, 0.3) is 0 Å². The number of carbonyl (C=O) groups is 4. The number of hydrazine groups is 1. The molecule has 0 bridgehead atoms. The van der Waals surface area contributed by atoms with Gasteiger partial charge in [-0.2, -0.15) is 9.31 Å². The van der Waals surface area contributed by atoms with Crippen molar-refractivity contribution in [3.05, 3.63) is 94.0 Å². The third kappa shape index (κ3) is 5.68. The van der Waals surface area contributed by atoms with Crippen LogP contribution >= 0.6 is 15.9 Å². The van der Waals surface area contributed by atoms with Crippen molar-refractivity contribution >= 4 is 55.3 Å². The molecule has 40 heavy (non-hydrogen) atoms. The van der Waals surface area contributed by atoms with E-state index >= 15 is 0 Å². The van der Waals surface area contributed by atoms with E-state index in [0.29, 0.717) is 23.8 Å². The minimum absolute atomic E-state index is 0.0775. The molecule has 0 saturated carbocycles. The Labute approximate surface area is 238 Å². The first-order valence-electron chi connectivity index (χ1n) is 12.3. The van der Waals surface area contributed by atoms with Gasteiger partial charge in [0.25, 0.3) is 17.7 Å². The fourth-order valence-electron chi connectivity index (χ4n) is 4.45. The van der Waals surface area contributed by atoms with Gasteiger partial charge in [-0.05, 0) is 60.7 Å². The van der Waals surface area contributed by atoms with Crippen LogP contribution in [0.15, 0.2) is 82.2 Å². The summed E-state index contributed by atoms with van der Waals surface area (Å²) in [7, 11) is -3.61. The summed E-state index contributed by atoms with van der Waals surface area (Å²) in [5.74, 6) is -2.15. The molecule has 0 radical (unpaired) electrons. The maximum absolute atomic E-state index is 12.9. The predicted octanol–water partition coefficient (Wildman–Crippen LogP) is 2.34. The zero-order valence-corrected chi connectivity index (χ0v) is 23.4. The van der Waals surface area contributed by atoms with Gasteiger partial charge in [0.2, 0.25) is 15.9 Å². The Hall–Kier alpha value is -3.91. The Morgan fingerprint density at radius 3 is 1.95 bits per heavy atom. The summed E-state index contributed by atoms with van der Waals surface area (Å²) in [6.07, 6.45) is 0. The van der Waals surface area contributed by atoms with Gasteiger partial charge in [0.1, 0.15) is 0 Å². The normalized spacial score (nSPS) is 16.1. The molecule has 0 spiro atoms. The molecule has 11 nitrogen and oxygen atoms in total. The Bertz CT molecular complexity index is 1550. The highest BCUT2D eigenvalue weighted by Crippen LogP contribution is 2.22. The molecule has 0 aromatic heterocycles. The summed E-state index contributed by atoms with van der Waals surface area (Å²) < 4.78 is 28.0. The van der Waals surface area contributed by atoms with Crippen LogP contribution in [0.5, 0.6) is 0 Å². The molecule has 13 heteroatoms. The van der Waals surface area contributed by atoms with Crippen LogP contribution in [0.2, 0.25) is 0 Å². The first-order valence-corrected chi connectivity index (χ1v) is 14.5. The lowest BCUT2D eigenvalue weighted by Crippen LogP contribution is -2.50. The van der Waals surface area contributed by atoms with Crippen LogP contribution in [-0.2, 0) is 14.8 Å². The first-order chi connectivity index (χ1) is 19.1. The summed E-state index contributed by atoms with van der Waals surface area (Å²) >= 11 is 3.30. The third-order valence-electron chi connectivity index (χ3n) is 6.59. The average Bonchev–Trinajstić information content (AvgIpc) is 3.19. The number of nitrogens with one attached hydrogen (secondary N) is 2. The number of nitrogens with zero attached hydrogens (tertiary/aromatic N) is 3. The maximum atomic E-state index is 12.9. The monoisotopic (exact) mass is 625 g/mol. The van der Waals surface area contributed by atoms with E-state index in [1.807, 2.05) is 4.90 Å². The Morgan fingerprint density at radius 1 is 0.800 bits per heavy atom. The molecular formula is C27H24BrN5O6S. The highest BCUT2D eigenvalue weighted by atomic mass is 79.9. The molecule has 0 atom stereocenters. The van der Waals surface area contributed by atoms with Crippen molar-refractivity contribution in [1.82, 2.24) is 19.6 Å². The molecule has 206 valence electrons. The van der Waals surface area contributed by atoms with E-state index < -0.39 is 27.7 Å². The lowest BCUT2D eigenvalue weighted by atomic mass is 10.1. The summed E-state index contributed by atoms with van der Waals surface area (Å²) in [5, 5.41) is 3.45. The summed E-state index contributed by atoms with van der Waals surface area (Å²) in [5.41, 5.74) is 3.43. The summed E-state index contributed by atoms with van der Waals surface area (Å²) in [6.45, 7) is 1.42. The molecular weight excluding hydrogens is 602 g/mol.